The molecule has 0 aliphatic heterocycles. The van der Waals surface area contributed by atoms with Crippen molar-refractivity contribution in [3.8, 4) is 0 Å². The van der Waals surface area contributed by atoms with Crippen molar-refractivity contribution in [2.24, 2.45) is 7.05 Å². The van der Waals surface area contributed by atoms with Gasteiger partial charge in [-0.15, -0.1) is 21.5 Å². The van der Waals surface area contributed by atoms with Crippen molar-refractivity contribution in [3.05, 3.63) is 39.5 Å². The molecule has 0 aliphatic rings. The van der Waals surface area contributed by atoms with Gasteiger partial charge in [-0.3, -0.25) is 13.8 Å². The van der Waals surface area contributed by atoms with Gasteiger partial charge in [0.25, 0.3) is 5.56 Å². The summed E-state index contributed by atoms with van der Waals surface area (Å²) in [6.45, 7) is 6.44. The second-order valence-electron chi connectivity index (χ2n) is 6.89. The molecule has 0 spiro atoms. The van der Waals surface area contributed by atoms with E-state index in [-0.39, 0.29) is 11.0 Å². The Bertz CT molecular complexity index is 1130. The van der Waals surface area contributed by atoms with E-state index in [1.165, 1.54) is 11.3 Å². The summed E-state index contributed by atoms with van der Waals surface area (Å²) < 4.78 is 4.22. The number of thioether (sulfide) groups is 1. The Morgan fingerprint density at radius 1 is 1.32 bits per heavy atom. The van der Waals surface area contributed by atoms with Crippen molar-refractivity contribution in [1.29, 1.82) is 0 Å². The van der Waals surface area contributed by atoms with Crippen LogP contribution < -0.4 is 5.56 Å². The topological polar surface area (TPSA) is 80.9 Å². The van der Waals surface area contributed by atoms with E-state index in [1.807, 2.05) is 22.0 Å². The molecule has 130 valence electrons. The van der Waals surface area contributed by atoms with Crippen molar-refractivity contribution in [2.75, 3.05) is 0 Å². The summed E-state index contributed by atoms with van der Waals surface area (Å²) in [5, 5.41) is 11.3. The van der Waals surface area contributed by atoms with Crippen LogP contribution >= 0.6 is 23.1 Å². The number of H-pyrrole nitrogens is 1. The lowest BCUT2D eigenvalue weighted by molar-refractivity contribution is 0.569. The molecule has 0 saturated carbocycles. The molecular formula is C16H18N6OS2. The molecular weight excluding hydrogens is 356 g/mol. The first-order valence-corrected chi connectivity index (χ1v) is 9.71. The fourth-order valence-corrected chi connectivity index (χ4v) is 4.25. The summed E-state index contributed by atoms with van der Waals surface area (Å²) in [6, 6.07) is 1.94. The third kappa shape index (κ3) is 2.67. The van der Waals surface area contributed by atoms with Crippen molar-refractivity contribution in [3.63, 3.8) is 0 Å². The van der Waals surface area contributed by atoms with Gasteiger partial charge in [0.2, 0.25) is 5.78 Å². The van der Waals surface area contributed by atoms with E-state index >= 15 is 0 Å². The van der Waals surface area contributed by atoms with Crippen LogP contribution in [0.1, 0.15) is 32.3 Å². The number of hydrogen-bond acceptors (Lipinski definition) is 6. The van der Waals surface area contributed by atoms with Crippen LogP contribution in [0, 0.1) is 0 Å². The molecule has 4 rings (SSSR count). The van der Waals surface area contributed by atoms with Crippen molar-refractivity contribution in [2.45, 2.75) is 37.1 Å². The lowest BCUT2D eigenvalue weighted by Gasteiger charge is -2.14. The first kappa shape index (κ1) is 16.3. The Hall–Kier alpha value is -2.13. The molecule has 0 radical (unpaired) electrons. The summed E-state index contributed by atoms with van der Waals surface area (Å²) in [5.41, 5.74) is 1.96. The highest BCUT2D eigenvalue weighted by Crippen LogP contribution is 2.26. The zero-order chi connectivity index (χ0) is 17.8. The van der Waals surface area contributed by atoms with Crippen LogP contribution in [0.4, 0.5) is 0 Å². The van der Waals surface area contributed by atoms with Gasteiger partial charge in [-0.05, 0) is 11.4 Å². The highest BCUT2D eigenvalue weighted by molar-refractivity contribution is 7.98. The Labute approximate surface area is 152 Å². The zero-order valence-electron chi connectivity index (χ0n) is 14.4. The molecule has 4 heterocycles. The van der Waals surface area contributed by atoms with E-state index in [1.54, 1.807) is 23.4 Å². The van der Waals surface area contributed by atoms with E-state index in [4.69, 9.17) is 0 Å². The quantitative estimate of drug-likeness (QED) is 0.558. The molecule has 25 heavy (non-hydrogen) atoms. The minimum Gasteiger partial charge on any atom is -0.336 e. The molecule has 0 amide bonds. The molecule has 0 atom stereocenters. The van der Waals surface area contributed by atoms with E-state index in [9.17, 15) is 4.79 Å². The Balaban J connectivity index is 1.71. The zero-order valence-corrected chi connectivity index (χ0v) is 16.0. The van der Waals surface area contributed by atoms with Gasteiger partial charge in [0.1, 0.15) is 10.5 Å². The molecule has 0 bridgehead atoms. The number of nitrogens with zero attached hydrogens (tertiary/aromatic N) is 5. The summed E-state index contributed by atoms with van der Waals surface area (Å²) in [7, 11) is 1.73. The predicted molar refractivity (Wildman–Crippen MR) is 100 cm³/mol. The molecule has 1 N–H and O–H groups in total. The van der Waals surface area contributed by atoms with E-state index in [0.29, 0.717) is 16.2 Å². The number of fused-ring (bicyclic) bond motifs is 3. The molecule has 9 heteroatoms. The van der Waals surface area contributed by atoms with Gasteiger partial charge in [0.05, 0.1) is 11.3 Å². The van der Waals surface area contributed by atoms with E-state index in [0.717, 1.165) is 22.2 Å². The molecule has 4 aromatic rings. The number of aryl methyl sites for hydroxylation is 1. The number of aromatic amines is 1. The largest absolute Gasteiger partial charge is 0.336 e. The number of nitrogens with one attached hydrogen (secondary N) is 1. The fraction of sp³-hybridized carbons (Fsp3) is 0.375. The number of imidazole rings is 1. The minimum atomic E-state index is -0.0371. The van der Waals surface area contributed by atoms with Crippen molar-refractivity contribution in [1.82, 2.24) is 29.1 Å². The average Bonchev–Trinajstić information content (AvgIpc) is 3.26. The highest BCUT2D eigenvalue weighted by Gasteiger charge is 2.18. The van der Waals surface area contributed by atoms with Crippen LogP contribution in [-0.4, -0.2) is 29.1 Å². The van der Waals surface area contributed by atoms with Gasteiger partial charge in [-0.25, -0.2) is 4.98 Å². The number of aromatic nitrogens is 6. The van der Waals surface area contributed by atoms with Gasteiger partial charge in [-0.2, -0.15) is 0 Å². The first-order chi connectivity index (χ1) is 11.9. The molecule has 0 fully saturated rings. The number of thiophene rings is 1. The summed E-state index contributed by atoms with van der Waals surface area (Å²) in [6.07, 6.45) is 1.88. The van der Waals surface area contributed by atoms with Crippen molar-refractivity contribution >= 4 is 39.1 Å². The minimum absolute atomic E-state index is 0.0362. The SMILES string of the molecule is Cn1c(=O)c2sccc2n2c(CSc3ncc(C(C)(C)C)[nH]3)nnc12. The predicted octanol–water partition coefficient (Wildman–Crippen LogP) is 2.96. The van der Waals surface area contributed by atoms with Crippen LogP contribution in [0.2, 0.25) is 0 Å². The molecule has 0 aliphatic carbocycles. The Morgan fingerprint density at radius 2 is 2.12 bits per heavy atom. The van der Waals surface area contributed by atoms with E-state index < -0.39 is 0 Å². The van der Waals surface area contributed by atoms with Gasteiger partial charge in [-0.1, -0.05) is 32.5 Å². The molecule has 7 nitrogen and oxygen atoms in total. The van der Waals surface area contributed by atoms with Crippen LogP contribution in [0.3, 0.4) is 0 Å². The smallest absolute Gasteiger partial charge is 0.272 e. The van der Waals surface area contributed by atoms with Crippen LogP contribution in [0.5, 0.6) is 0 Å². The first-order valence-electron chi connectivity index (χ1n) is 7.85. The molecule has 4 aromatic heterocycles. The third-order valence-corrected chi connectivity index (χ3v) is 5.87. The van der Waals surface area contributed by atoms with Gasteiger partial charge >= 0.3 is 0 Å². The fourth-order valence-electron chi connectivity index (χ4n) is 2.64. The second-order valence-corrected chi connectivity index (χ2v) is 8.77. The van der Waals surface area contributed by atoms with Crippen LogP contribution in [0.25, 0.3) is 16.0 Å². The summed E-state index contributed by atoms with van der Waals surface area (Å²) in [5.74, 6) is 1.97. The summed E-state index contributed by atoms with van der Waals surface area (Å²) in [4.78, 5) is 20.2. The normalized spacial score (nSPS) is 12.5. The van der Waals surface area contributed by atoms with Crippen LogP contribution in [0.15, 0.2) is 27.6 Å². The Kier molecular flexibility index (Phi) is 3.73. The lowest BCUT2D eigenvalue weighted by Crippen LogP contribution is -2.19. The molecule has 0 aromatic carbocycles. The maximum absolute atomic E-state index is 12.4. The average molecular weight is 374 g/mol. The Morgan fingerprint density at radius 3 is 2.84 bits per heavy atom. The van der Waals surface area contributed by atoms with Gasteiger partial charge in [0.15, 0.2) is 5.16 Å². The van der Waals surface area contributed by atoms with Gasteiger partial charge in [0, 0.05) is 24.4 Å². The monoisotopic (exact) mass is 374 g/mol. The standard InChI is InChI=1S/C16H18N6OS2/c1-16(2,3)10-7-17-14(18-10)25-8-11-19-20-15-21(4)13(23)12-9(22(11)15)5-6-24-12/h5-7H,8H2,1-4H3,(H,17,18). The number of rotatable bonds is 3. The third-order valence-electron chi connectivity index (χ3n) is 4.10. The van der Waals surface area contributed by atoms with Crippen molar-refractivity contribution < 1.29 is 0 Å². The van der Waals surface area contributed by atoms with Gasteiger partial charge < -0.3 is 4.98 Å². The molecule has 0 unspecified atom stereocenters. The number of hydrogen-bond donors (Lipinski definition) is 1. The highest BCUT2D eigenvalue weighted by atomic mass is 32.2. The summed E-state index contributed by atoms with van der Waals surface area (Å²) >= 11 is 3.02. The van der Waals surface area contributed by atoms with Crippen LogP contribution in [-0.2, 0) is 18.2 Å². The van der Waals surface area contributed by atoms with E-state index in [2.05, 4.69) is 40.9 Å². The second kappa shape index (κ2) is 5.70. The molecule has 0 saturated heterocycles. The maximum atomic E-state index is 12.4. The lowest BCUT2D eigenvalue weighted by atomic mass is 9.93. The maximum Gasteiger partial charge on any atom is 0.272 e.